The summed E-state index contributed by atoms with van der Waals surface area (Å²) < 4.78 is 26.0. The first-order valence-corrected chi connectivity index (χ1v) is 4.30. The monoisotopic (exact) mass is 248 g/mol. The van der Waals surface area contributed by atoms with E-state index in [1.165, 1.54) is 0 Å². The zero-order chi connectivity index (χ0) is 10.0. The highest BCUT2D eigenvalue weighted by Gasteiger charge is 2.12. The normalized spacial score (nSPS) is 12.6. The summed E-state index contributed by atoms with van der Waals surface area (Å²) in [5, 5.41) is 9.19. The molecule has 1 unspecified atom stereocenters. The summed E-state index contributed by atoms with van der Waals surface area (Å²) >= 11 is 2.83. The van der Waals surface area contributed by atoms with Gasteiger partial charge in [0.25, 0.3) is 0 Å². The number of halogens is 3. The van der Waals surface area contributed by atoms with Crippen LogP contribution in [0.2, 0.25) is 0 Å². The van der Waals surface area contributed by atoms with Gasteiger partial charge in [0.15, 0.2) is 0 Å². The summed E-state index contributed by atoms with van der Waals surface area (Å²) in [5.41, 5.74) is -0.115. The van der Waals surface area contributed by atoms with Crippen LogP contribution in [-0.2, 0) is 0 Å². The van der Waals surface area contributed by atoms with Gasteiger partial charge in [0.05, 0.1) is 10.6 Å². The predicted molar refractivity (Wildman–Crippen MR) is 49.2 cm³/mol. The highest BCUT2D eigenvalue weighted by molar-refractivity contribution is 9.10. The van der Waals surface area contributed by atoms with E-state index < -0.39 is 17.7 Å². The molecule has 0 aliphatic rings. The van der Waals surface area contributed by atoms with Crippen LogP contribution in [0, 0.1) is 11.6 Å². The van der Waals surface area contributed by atoms with E-state index in [1.54, 1.807) is 0 Å². The van der Waals surface area contributed by atoms with Crippen LogP contribution in [0.15, 0.2) is 29.3 Å². The molecule has 1 nitrogen and oxygen atoms in total. The molecule has 0 radical (unpaired) electrons. The lowest BCUT2D eigenvalue weighted by Crippen LogP contribution is -1.98. The lowest BCUT2D eigenvalue weighted by atomic mass is 10.1. The second kappa shape index (κ2) is 3.98. The Balaban J connectivity index is 3.22. The molecule has 0 bridgehead atoms. The first kappa shape index (κ1) is 10.3. The Morgan fingerprint density at radius 3 is 2.54 bits per heavy atom. The topological polar surface area (TPSA) is 20.2 Å². The van der Waals surface area contributed by atoms with Crippen molar-refractivity contribution >= 4 is 15.9 Å². The van der Waals surface area contributed by atoms with Crippen molar-refractivity contribution in [2.75, 3.05) is 0 Å². The molecule has 0 amide bonds. The summed E-state index contributed by atoms with van der Waals surface area (Å²) in [5.74, 6) is -1.28. The van der Waals surface area contributed by atoms with Gasteiger partial charge in [0.1, 0.15) is 11.6 Å². The third-order valence-electron chi connectivity index (χ3n) is 1.58. The molecule has 4 heteroatoms. The minimum absolute atomic E-state index is 0.0324. The quantitative estimate of drug-likeness (QED) is 0.631. The third-order valence-corrected chi connectivity index (χ3v) is 2.19. The smallest absolute Gasteiger partial charge is 0.137 e. The zero-order valence-electron chi connectivity index (χ0n) is 6.60. The van der Waals surface area contributed by atoms with Crippen molar-refractivity contribution < 1.29 is 13.9 Å². The number of aliphatic hydroxyl groups excluding tert-OH is 1. The van der Waals surface area contributed by atoms with E-state index in [2.05, 4.69) is 22.5 Å². The van der Waals surface area contributed by atoms with Crippen molar-refractivity contribution in [3.05, 3.63) is 46.5 Å². The molecule has 0 aromatic heterocycles. The van der Waals surface area contributed by atoms with Gasteiger partial charge in [0.2, 0.25) is 0 Å². The fourth-order valence-electron chi connectivity index (χ4n) is 0.892. The van der Waals surface area contributed by atoms with Gasteiger partial charge in [-0.05, 0) is 28.1 Å². The number of hydrogen-bond acceptors (Lipinski definition) is 1. The molecule has 70 valence electrons. The average Bonchev–Trinajstić information content (AvgIpc) is 2.10. The molecule has 1 aromatic rings. The van der Waals surface area contributed by atoms with E-state index in [1.807, 2.05) is 0 Å². The van der Waals surface area contributed by atoms with Crippen LogP contribution in [0.3, 0.4) is 0 Å². The van der Waals surface area contributed by atoms with Gasteiger partial charge in [-0.15, -0.1) is 6.58 Å². The maximum absolute atomic E-state index is 13.1. The van der Waals surface area contributed by atoms with Gasteiger partial charge in [0, 0.05) is 5.56 Å². The molecule has 0 fully saturated rings. The SMILES string of the molecule is C=CC(O)c1cc(F)c(Br)cc1F. The Morgan fingerprint density at radius 1 is 1.38 bits per heavy atom. The maximum atomic E-state index is 13.1. The van der Waals surface area contributed by atoms with Gasteiger partial charge in [-0.2, -0.15) is 0 Å². The number of benzene rings is 1. The lowest BCUT2D eigenvalue weighted by Gasteiger charge is -2.07. The van der Waals surface area contributed by atoms with Crippen LogP contribution in [0.1, 0.15) is 11.7 Å². The van der Waals surface area contributed by atoms with E-state index in [0.717, 1.165) is 18.2 Å². The first-order valence-electron chi connectivity index (χ1n) is 3.51. The molecule has 1 atom stereocenters. The van der Waals surface area contributed by atoms with E-state index >= 15 is 0 Å². The summed E-state index contributed by atoms with van der Waals surface area (Å²) in [6.07, 6.45) is -0.0474. The van der Waals surface area contributed by atoms with Crippen molar-refractivity contribution in [3.8, 4) is 0 Å². The van der Waals surface area contributed by atoms with E-state index in [0.29, 0.717) is 0 Å². The summed E-state index contributed by atoms with van der Waals surface area (Å²) in [6.45, 7) is 3.28. The molecule has 1 N–H and O–H groups in total. The number of rotatable bonds is 2. The van der Waals surface area contributed by atoms with Gasteiger partial charge >= 0.3 is 0 Å². The van der Waals surface area contributed by atoms with Crippen molar-refractivity contribution in [1.29, 1.82) is 0 Å². The molecule has 0 heterocycles. The van der Waals surface area contributed by atoms with Gasteiger partial charge in [-0.3, -0.25) is 0 Å². The average molecular weight is 249 g/mol. The third kappa shape index (κ3) is 2.14. The minimum atomic E-state index is -1.18. The highest BCUT2D eigenvalue weighted by Crippen LogP contribution is 2.24. The Kier molecular flexibility index (Phi) is 3.17. The lowest BCUT2D eigenvalue weighted by molar-refractivity contribution is 0.223. The fourth-order valence-corrected chi connectivity index (χ4v) is 1.21. The van der Waals surface area contributed by atoms with Gasteiger partial charge in [-0.1, -0.05) is 6.08 Å². The number of hydrogen-bond donors (Lipinski definition) is 1. The molecule has 0 aliphatic heterocycles. The van der Waals surface area contributed by atoms with Crippen molar-refractivity contribution in [2.45, 2.75) is 6.10 Å². The molecule has 0 saturated carbocycles. The standard InChI is InChI=1S/C9H7BrF2O/c1-2-9(13)5-3-8(12)6(10)4-7(5)11/h2-4,9,13H,1H2. The predicted octanol–water partition coefficient (Wildman–Crippen LogP) is 2.95. The number of aliphatic hydroxyl groups is 1. The molecule has 0 aliphatic carbocycles. The zero-order valence-corrected chi connectivity index (χ0v) is 8.18. The van der Waals surface area contributed by atoms with Crippen molar-refractivity contribution in [2.24, 2.45) is 0 Å². The molecule has 1 aromatic carbocycles. The van der Waals surface area contributed by atoms with Crippen LogP contribution in [0.4, 0.5) is 8.78 Å². The van der Waals surface area contributed by atoms with E-state index in [9.17, 15) is 13.9 Å². The Morgan fingerprint density at radius 2 is 2.00 bits per heavy atom. The van der Waals surface area contributed by atoms with Gasteiger partial charge in [-0.25, -0.2) is 8.78 Å². The Bertz CT molecular complexity index is 339. The second-order valence-electron chi connectivity index (χ2n) is 2.47. The minimum Gasteiger partial charge on any atom is -0.384 e. The van der Waals surface area contributed by atoms with Crippen molar-refractivity contribution in [1.82, 2.24) is 0 Å². The molecule has 0 spiro atoms. The van der Waals surface area contributed by atoms with Crippen LogP contribution in [-0.4, -0.2) is 5.11 Å². The molecular formula is C9H7BrF2O. The highest BCUT2D eigenvalue weighted by atomic mass is 79.9. The van der Waals surface area contributed by atoms with E-state index in [-0.39, 0.29) is 10.0 Å². The fraction of sp³-hybridized carbons (Fsp3) is 0.111. The summed E-state index contributed by atoms with van der Waals surface area (Å²) in [4.78, 5) is 0. The first-order chi connectivity index (χ1) is 6.06. The van der Waals surface area contributed by atoms with Crippen LogP contribution >= 0.6 is 15.9 Å². The Labute approximate surface area is 82.8 Å². The molecule has 0 saturated heterocycles. The van der Waals surface area contributed by atoms with Crippen molar-refractivity contribution in [3.63, 3.8) is 0 Å². The summed E-state index contributed by atoms with van der Waals surface area (Å²) in [7, 11) is 0. The molecule has 1 rings (SSSR count). The molecule has 13 heavy (non-hydrogen) atoms. The van der Waals surface area contributed by atoms with Crippen LogP contribution < -0.4 is 0 Å². The second-order valence-corrected chi connectivity index (χ2v) is 3.32. The molecular weight excluding hydrogens is 242 g/mol. The summed E-state index contributed by atoms with van der Waals surface area (Å²) in [6, 6.07) is 1.91. The van der Waals surface area contributed by atoms with Crippen LogP contribution in [0.5, 0.6) is 0 Å². The van der Waals surface area contributed by atoms with Crippen LogP contribution in [0.25, 0.3) is 0 Å². The largest absolute Gasteiger partial charge is 0.384 e. The Hall–Kier alpha value is -0.740. The van der Waals surface area contributed by atoms with Gasteiger partial charge < -0.3 is 5.11 Å². The van der Waals surface area contributed by atoms with E-state index in [4.69, 9.17) is 0 Å². The maximum Gasteiger partial charge on any atom is 0.137 e.